The van der Waals surface area contributed by atoms with Gasteiger partial charge in [-0.25, -0.2) is 4.98 Å². The van der Waals surface area contributed by atoms with Gasteiger partial charge in [-0.1, -0.05) is 0 Å². The maximum atomic E-state index is 5.18. The van der Waals surface area contributed by atoms with Crippen LogP contribution in [-0.4, -0.2) is 51.6 Å². The van der Waals surface area contributed by atoms with Crippen molar-refractivity contribution in [3.05, 3.63) is 47.5 Å². The van der Waals surface area contributed by atoms with E-state index in [0.717, 1.165) is 48.3 Å². The van der Waals surface area contributed by atoms with Crippen LogP contribution in [0.2, 0.25) is 0 Å². The Balaban J connectivity index is 0.00000320. The van der Waals surface area contributed by atoms with Crippen molar-refractivity contribution >= 4 is 29.9 Å². The Hall–Kier alpha value is -2.63. The van der Waals surface area contributed by atoms with Crippen molar-refractivity contribution in [3.63, 3.8) is 0 Å². The predicted molar refractivity (Wildman–Crippen MR) is 128 cm³/mol. The average molecular weight is 524 g/mol. The molecule has 9 nitrogen and oxygen atoms in total. The third-order valence-corrected chi connectivity index (χ3v) is 4.47. The summed E-state index contributed by atoms with van der Waals surface area (Å²) in [5.74, 6) is 2.92. The molecular weight excluding hydrogens is 495 g/mol. The number of aromatic amines is 1. The van der Waals surface area contributed by atoms with Gasteiger partial charge in [-0.2, -0.15) is 10.2 Å². The van der Waals surface area contributed by atoms with Crippen molar-refractivity contribution in [1.29, 1.82) is 0 Å². The number of ether oxygens (including phenoxy) is 1. The zero-order valence-electron chi connectivity index (χ0n) is 17.8. The molecule has 0 aliphatic rings. The van der Waals surface area contributed by atoms with Crippen LogP contribution in [0, 0.1) is 13.8 Å². The molecule has 0 fully saturated rings. The summed E-state index contributed by atoms with van der Waals surface area (Å²) in [7, 11) is 3.39. The van der Waals surface area contributed by atoms with Gasteiger partial charge in [0.15, 0.2) is 11.8 Å². The highest BCUT2D eigenvalue weighted by atomic mass is 127. The monoisotopic (exact) mass is 524 g/mol. The van der Waals surface area contributed by atoms with Crippen LogP contribution in [-0.2, 0) is 13.1 Å². The van der Waals surface area contributed by atoms with Gasteiger partial charge in [-0.3, -0.25) is 14.8 Å². The smallest absolute Gasteiger partial charge is 0.191 e. The zero-order chi connectivity index (χ0) is 20.6. The van der Waals surface area contributed by atoms with Crippen LogP contribution in [0.1, 0.15) is 23.6 Å². The Morgan fingerprint density at radius 3 is 2.60 bits per heavy atom. The number of aryl methyl sites for hydroxylation is 3. The molecule has 3 N–H and O–H groups in total. The van der Waals surface area contributed by atoms with Gasteiger partial charge >= 0.3 is 0 Å². The van der Waals surface area contributed by atoms with E-state index in [0.29, 0.717) is 12.4 Å². The highest BCUT2D eigenvalue weighted by Crippen LogP contribution is 2.18. The van der Waals surface area contributed by atoms with Crippen LogP contribution in [0.5, 0.6) is 5.75 Å². The van der Waals surface area contributed by atoms with E-state index in [1.165, 1.54) is 5.69 Å². The summed E-state index contributed by atoms with van der Waals surface area (Å²) in [6.45, 7) is 6.26. The van der Waals surface area contributed by atoms with E-state index in [4.69, 9.17) is 4.74 Å². The highest BCUT2D eigenvalue weighted by Gasteiger charge is 2.07. The molecule has 1 aromatic carbocycles. The van der Waals surface area contributed by atoms with Gasteiger partial charge in [-0.15, -0.1) is 24.0 Å². The second-order valence-corrected chi connectivity index (χ2v) is 6.69. The molecule has 162 valence electrons. The van der Waals surface area contributed by atoms with E-state index in [9.17, 15) is 0 Å². The van der Waals surface area contributed by atoms with E-state index >= 15 is 0 Å². The molecule has 0 saturated heterocycles. The molecule has 0 amide bonds. The maximum absolute atomic E-state index is 5.18. The molecular formula is C20H29IN8O. The first-order chi connectivity index (χ1) is 14.1. The molecule has 0 aliphatic carbocycles. The fourth-order valence-electron chi connectivity index (χ4n) is 2.97. The summed E-state index contributed by atoms with van der Waals surface area (Å²) < 4.78 is 7.21. The van der Waals surface area contributed by atoms with Crippen molar-refractivity contribution in [3.8, 4) is 17.1 Å². The Labute approximate surface area is 193 Å². The molecule has 30 heavy (non-hydrogen) atoms. The minimum atomic E-state index is 0. The van der Waals surface area contributed by atoms with Crippen molar-refractivity contribution in [1.82, 2.24) is 35.6 Å². The van der Waals surface area contributed by atoms with Gasteiger partial charge in [0.1, 0.15) is 11.6 Å². The van der Waals surface area contributed by atoms with Crippen LogP contribution >= 0.6 is 24.0 Å². The molecule has 0 spiro atoms. The second kappa shape index (κ2) is 11.5. The number of hydrogen-bond acceptors (Lipinski definition) is 5. The third-order valence-electron chi connectivity index (χ3n) is 4.47. The van der Waals surface area contributed by atoms with Crippen LogP contribution in [0.3, 0.4) is 0 Å². The predicted octanol–water partition coefficient (Wildman–Crippen LogP) is 2.67. The summed E-state index contributed by atoms with van der Waals surface area (Å²) in [6, 6.07) is 9.74. The van der Waals surface area contributed by atoms with Gasteiger partial charge < -0.3 is 15.4 Å². The third kappa shape index (κ3) is 6.44. The van der Waals surface area contributed by atoms with Gasteiger partial charge in [0, 0.05) is 31.4 Å². The van der Waals surface area contributed by atoms with Crippen LogP contribution in [0.4, 0.5) is 0 Å². The fourth-order valence-corrected chi connectivity index (χ4v) is 2.97. The standard InChI is InChI=1S/C20H28N8O.HI/c1-14-12-15(2)28(27-14)11-5-10-22-20(21-3)23-13-18-24-19(26-25-18)16-6-8-17(29-4)9-7-16;/h6-9,12H,5,10-11,13H2,1-4H3,(H2,21,22,23)(H,24,25,26);1H. The molecule has 3 aromatic rings. The van der Waals surface area contributed by atoms with E-state index in [1.807, 2.05) is 35.9 Å². The molecule has 0 unspecified atom stereocenters. The Morgan fingerprint density at radius 2 is 1.97 bits per heavy atom. The summed E-state index contributed by atoms with van der Waals surface area (Å²) in [5, 5.41) is 18.3. The zero-order valence-corrected chi connectivity index (χ0v) is 20.1. The molecule has 0 aliphatic heterocycles. The van der Waals surface area contributed by atoms with Gasteiger partial charge in [-0.05, 0) is 50.6 Å². The molecule has 2 heterocycles. The van der Waals surface area contributed by atoms with Crippen LogP contribution in [0.15, 0.2) is 35.3 Å². The summed E-state index contributed by atoms with van der Waals surface area (Å²) in [5.41, 5.74) is 3.16. The number of H-pyrrole nitrogens is 1. The molecule has 10 heteroatoms. The molecule has 0 bridgehead atoms. The number of halogens is 1. The summed E-state index contributed by atoms with van der Waals surface area (Å²) in [4.78, 5) is 8.78. The Bertz CT molecular complexity index is 948. The average Bonchev–Trinajstić information content (AvgIpc) is 3.33. The molecule has 0 saturated carbocycles. The van der Waals surface area contributed by atoms with E-state index in [-0.39, 0.29) is 24.0 Å². The summed E-state index contributed by atoms with van der Waals surface area (Å²) in [6.07, 6.45) is 0.951. The number of nitrogens with zero attached hydrogens (tertiary/aromatic N) is 5. The lowest BCUT2D eigenvalue weighted by Gasteiger charge is -2.11. The first-order valence-corrected chi connectivity index (χ1v) is 9.60. The first-order valence-electron chi connectivity index (χ1n) is 9.60. The number of rotatable bonds is 8. The number of hydrogen-bond donors (Lipinski definition) is 3. The first kappa shape index (κ1) is 23.6. The number of nitrogens with one attached hydrogen (secondary N) is 3. The second-order valence-electron chi connectivity index (χ2n) is 6.69. The van der Waals surface area contributed by atoms with Crippen LogP contribution in [0.25, 0.3) is 11.4 Å². The van der Waals surface area contributed by atoms with Crippen molar-refractivity contribution in [2.45, 2.75) is 33.4 Å². The molecule has 0 radical (unpaired) electrons. The topological polar surface area (TPSA) is 105 Å². The minimum absolute atomic E-state index is 0. The minimum Gasteiger partial charge on any atom is -0.497 e. The number of aromatic nitrogens is 5. The van der Waals surface area contributed by atoms with E-state index in [2.05, 4.69) is 48.9 Å². The summed E-state index contributed by atoms with van der Waals surface area (Å²) >= 11 is 0. The van der Waals surface area contributed by atoms with E-state index < -0.39 is 0 Å². The van der Waals surface area contributed by atoms with Gasteiger partial charge in [0.05, 0.1) is 19.3 Å². The van der Waals surface area contributed by atoms with Crippen molar-refractivity contribution < 1.29 is 4.74 Å². The largest absolute Gasteiger partial charge is 0.497 e. The Kier molecular flexibility index (Phi) is 9.09. The van der Waals surface area contributed by atoms with E-state index in [1.54, 1.807) is 14.2 Å². The normalized spacial score (nSPS) is 11.1. The number of aliphatic imine (C=N–C) groups is 1. The number of methoxy groups -OCH3 is 1. The lowest BCUT2D eigenvalue weighted by molar-refractivity contribution is 0.415. The lowest BCUT2D eigenvalue weighted by Crippen LogP contribution is -2.37. The Morgan fingerprint density at radius 1 is 1.20 bits per heavy atom. The van der Waals surface area contributed by atoms with Gasteiger partial charge in [0.25, 0.3) is 0 Å². The number of benzene rings is 1. The maximum Gasteiger partial charge on any atom is 0.191 e. The fraction of sp³-hybridized carbons (Fsp3) is 0.400. The molecule has 2 aromatic heterocycles. The highest BCUT2D eigenvalue weighted by molar-refractivity contribution is 14.0. The molecule has 3 rings (SSSR count). The lowest BCUT2D eigenvalue weighted by atomic mass is 10.2. The van der Waals surface area contributed by atoms with Crippen molar-refractivity contribution in [2.75, 3.05) is 20.7 Å². The van der Waals surface area contributed by atoms with Gasteiger partial charge in [0.2, 0.25) is 0 Å². The quantitative estimate of drug-likeness (QED) is 0.181. The number of guanidine groups is 1. The van der Waals surface area contributed by atoms with Crippen LogP contribution < -0.4 is 15.4 Å². The SMILES string of the molecule is CN=C(NCCCn1nc(C)cc1C)NCc1nc(-c2ccc(OC)cc2)n[nH]1.I. The molecule has 0 atom stereocenters. The van der Waals surface area contributed by atoms with Crippen molar-refractivity contribution in [2.24, 2.45) is 4.99 Å².